The van der Waals surface area contributed by atoms with Crippen molar-refractivity contribution in [3.05, 3.63) is 120 Å². The third-order valence-corrected chi connectivity index (χ3v) is 4.54. The van der Waals surface area contributed by atoms with Crippen LogP contribution in [-0.4, -0.2) is 0 Å². The van der Waals surface area contributed by atoms with Crippen molar-refractivity contribution in [2.75, 3.05) is 5.32 Å². The first-order valence-electron chi connectivity index (χ1n) is 8.93. The zero-order chi connectivity index (χ0) is 17.6. The van der Waals surface area contributed by atoms with Gasteiger partial charge in [0, 0.05) is 11.1 Å². The summed E-state index contributed by atoms with van der Waals surface area (Å²) in [5.74, 6) is 0. The van der Waals surface area contributed by atoms with Crippen LogP contribution in [0.15, 0.2) is 109 Å². The Morgan fingerprint density at radius 1 is 0.615 bits per heavy atom. The summed E-state index contributed by atoms with van der Waals surface area (Å²) < 4.78 is 0. The largest absolute Gasteiger partial charge is 0.374 e. The molecule has 1 atom stereocenters. The smallest absolute Gasteiger partial charge is 0.0701 e. The second-order valence-electron chi connectivity index (χ2n) is 6.33. The highest BCUT2D eigenvalue weighted by Gasteiger charge is 2.09. The number of rotatable bonds is 5. The van der Waals surface area contributed by atoms with Gasteiger partial charge in [-0.15, -0.1) is 0 Å². The second kappa shape index (κ2) is 7.71. The van der Waals surface area contributed by atoms with Gasteiger partial charge in [0.15, 0.2) is 0 Å². The fourth-order valence-corrected chi connectivity index (χ4v) is 3.19. The number of nitrogens with one attached hydrogen (secondary N) is 1. The monoisotopic (exact) mass is 335 g/mol. The molecule has 0 amide bonds. The number of anilines is 1. The first-order chi connectivity index (χ1) is 12.9. The number of benzene rings is 4. The van der Waals surface area contributed by atoms with Gasteiger partial charge in [0.2, 0.25) is 0 Å². The fourth-order valence-electron chi connectivity index (χ4n) is 3.19. The van der Waals surface area contributed by atoms with E-state index in [4.69, 9.17) is 0 Å². The van der Waals surface area contributed by atoms with E-state index >= 15 is 0 Å². The maximum absolute atomic E-state index is 3.72. The third-order valence-electron chi connectivity index (χ3n) is 4.54. The topological polar surface area (TPSA) is 12.0 Å². The summed E-state index contributed by atoms with van der Waals surface area (Å²) in [6.07, 6.45) is 4.40. The molecule has 126 valence electrons. The minimum absolute atomic E-state index is 0.0993. The minimum Gasteiger partial charge on any atom is -0.374 e. The lowest BCUT2D eigenvalue weighted by molar-refractivity contribution is 0.993. The van der Waals surface area contributed by atoms with Crippen LogP contribution in [-0.2, 0) is 0 Å². The number of hydrogen-bond donors (Lipinski definition) is 1. The average Bonchev–Trinajstić information content (AvgIpc) is 2.72. The summed E-state index contributed by atoms with van der Waals surface area (Å²) in [6, 6.07) is 36.0. The Bertz CT molecular complexity index is 998. The zero-order valence-electron chi connectivity index (χ0n) is 14.5. The Balaban J connectivity index is 1.70. The standard InChI is InChI=1S/C25H21N/c1-3-10-20(11-4-1)18-19-24(22-13-5-2-6-14-22)26-25-17-9-15-21-12-7-8-16-23(21)25/h1-19,24,26H. The second-order valence-corrected chi connectivity index (χ2v) is 6.33. The van der Waals surface area contributed by atoms with Crippen molar-refractivity contribution in [2.45, 2.75) is 6.04 Å². The number of hydrogen-bond acceptors (Lipinski definition) is 1. The van der Waals surface area contributed by atoms with Gasteiger partial charge >= 0.3 is 0 Å². The van der Waals surface area contributed by atoms with Crippen molar-refractivity contribution in [1.82, 2.24) is 0 Å². The van der Waals surface area contributed by atoms with Gasteiger partial charge in [-0.2, -0.15) is 0 Å². The molecule has 1 heteroatoms. The van der Waals surface area contributed by atoms with Gasteiger partial charge in [-0.3, -0.25) is 0 Å². The van der Waals surface area contributed by atoms with E-state index in [-0.39, 0.29) is 6.04 Å². The first kappa shape index (κ1) is 16.2. The molecule has 4 aromatic rings. The van der Waals surface area contributed by atoms with Crippen LogP contribution in [0.3, 0.4) is 0 Å². The van der Waals surface area contributed by atoms with Crippen LogP contribution in [0, 0.1) is 0 Å². The molecule has 1 N–H and O–H groups in total. The molecule has 26 heavy (non-hydrogen) atoms. The van der Waals surface area contributed by atoms with E-state index in [1.54, 1.807) is 0 Å². The van der Waals surface area contributed by atoms with Gasteiger partial charge in [-0.05, 0) is 22.6 Å². The molecule has 0 spiro atoms. The highest BCUT2D eigenvalue weighted by Crippen LogP contribution is 2.28. The van der Waals surface area contributed by atoms with E-state index in [2.05, 4.69) is 115 Å². The SMILES string of the molecule is C(=CC(Nc1cccc2ccccc12)c1ccccc1)c1ccccc1. The molecule has 4 rings (SSSR count). The van der Waals surface area contributed by atoms with Gasteiger partial charge in [0.05, 0.1) is 6.04 Å². The van der Waals surface area contributed by atoms with Crippen molar-refractivity contribution in [2.24, 2.45) is 0 Å². The summed E-state index contributed by atoms with van der Waals surface area (Å²) >= 11 is 0. The van der Waals surface area contributed by atoms with Crippen LogP contribution < -0.4 is 5.32 Å². The molecule has 0 aliphatic rings. The van der Waals surface area contributed by atoms with Gasteiger partial charge in [-0.1, -0.05) is 109 Å². The summed E-state index contributed by atoms with van der Waals surface area (Å²) in [7, 11) is 0. The molecule has 0 bridgehead atoms. The lowest BCUT2D eigenvalue weighted by Crippen LogP contribution is -2.08. The molecule has 0 heterocycles. The Labute approximate surface area is 154 Å². The minimum atomic E-state index is 0.0993. The van der Waals surface area contributed by atoms with Crippen LogP contribution >= 0.6 is 0 Å². The van der Waals surface area contributed by atoms with Gasteiger partial charge in [-0.25, -0.2) is 0 Å². The van der Waals surface area contributed by atoms with E-state index < -0.39 is 0 Å². The highest BCUT2D eigenvalue weighted by molar-refractivity contribution is 5.94. The van der Waals surface area contributed by atoms with Crippen molar-refractivity contribution in [3.63, 3.8) is 0 Å². The van der Waals surface area contributed by atoms with Crippen LogP contribution in [0.2, 0.25) is 0 Å². The molecule has 0 radical (unpaired) electrons. The lowest BCUT2D eigenvalue weighted by Gasteiger charge is -2.19. The predicted molar refractivity (Wildman–Crippen MR) is 112 cm³/mol. The highest BCUT2D eigenvalue weighted by atomic mass is 14.9. The maximum atomic E-state index is 3.72. The van der Waals surface area contributed by atoms with Crippen molar-refractivity contribution in [3.8, 4) is 0 Å². The average molecular weight is 335 g/mol. The Hall–Kier alpha value is -3.32. The van der Waals surface area contributed by atoms with E-state index in [0.717, 1.165) is 5.69 Å². The Morgan fingerprint density at radius 3 is 2.08 bits per heavy atom. The van der Waals surface area contributed by atoms with Crippen molar-refractivity contribution < 1.29 is 0 Å². The molecule has 0 saturated heterocycles. The summed E-state index contributed by atoms with van der Waals surface area (Å²) in [4.78, 5) is 0. The van der Waals surface area contributed by atoms with Crippen molar-refractivity contribution >= 4 is 22.5 Å². The van der Waals surface area contributed by atoms with Crippen LogP contribution in [0.4, 0.5) is 5.69 Å². The van der Waals surface area contributed by atoms with Gasteiger partial charge < -0.3 is 5.32 Å². The van der Waals surface area contributed by atoms with Crippen LogP contribution in [0.25, 0.3) is 16.8 Å². The summed E-state index contributed by atoms with van der Waals surface area (Å²) in [6.45, 7) is 0. The van der Waals surface area contributed by atoms with Crippen LogP contribution in [0.1, 0.15) is 17.2 Å². The third kappa shape index (κ3) is 3.68. The Kier molecular flexibility index (Phi) is 4.79. The molecular formula is C25H21N. The summed E-state index contributed by atoms with van der Waals surface area (Å²) in [5, 5.41) is 6.21. The molecule has 0 fully saturated rings. The fraction of sp³-hybridized carbons (Fsp3) is 0.0400. The number of fused-ring (bicyclic) bond motifs is 1. The lowest BCUT2D eigenvalue weighted by atomic mass is 10.0. The van der Waals surface area contributed by atoms with E-state index in [9.17, 15) is 0 Å². The molecule has 1 nitrogen and oxygen atoms in total. The summed E-state index contributed by atoms with van der Waals surface area (Å²) in [5.41, 5.74) is 3.59. The molecule has 0 aliphatic heterocycles. The quantitative estimate of drug-likeness (QED) is 0.427. The van der Waals surface area contributed by atoms with Gasteiger partial charge in [0.1, 0.15) is 0 Å². The molecule has 0 saturated carbocycles. The van der Waals surface area contributed by atoms with Gasteiger partial charge in [0.25, 0.3) is 0 Å². The first-order valence-corrected chi connectivity index (χ1v) is 8.93. The van der Waals surface area contributed by atoms with E-state index in [1.165, 1.54) is 21.9 Å². The molecule has 0 aliphatic carbocycles. The van der Waals surface area contributed by atoms with E-state index in [1.807, 2.05) is 6.07 Å². The molecular weight excluding hydrogens is 314 g/mol. The Morgan fingerprint density at radius 2 is 1.27 bits per heavy atom. The maximum Gasteiger partial charge on any atom is 0.0701 e. The molecule has 4 aromatic carbocycles. The normalized spacial score (nSPS) is 12.3. The van der Waals surface area contributed by atoms with Crippen molar-refractivity contribution in [1.29, 1.82) is 0 Å². The zero-order valence-corrected chi connectivity index (χ0v) is 14.5. The molecule has 1 unspecified atom stereocenters. The molecule has 0 aromatic heterocycles. The predicted octanol–water partition coefficient (Wildman–Crippen LogP) is 6.71. The van der Waals surface area contributed by atoms with E-state index in [0.29, 0.717) is 0 Å². The van der Waals surface area contributed by atoms with Crippen LogP contribution in [0.5, 0.6) is 0 Å².